The molecule has 0 radical (unpaired) electrons. The minimum atomic E-state index is -4.20. The van der Waals surface area contributed by atoms with E-state index < -0.39 is 35.4 Å². The lowest BCUT2D eigenvalue weighted by atomic mass is 10.3. The minimum absolute atomic E-state index is 0.0621. The molecule has 11 heteroatoms. The van der Waals surface area contributed by atoms with Gasteiger partial charge >= 0.3 is 0 Å². The van der Waals surface area contributed by atoms with Crippen LogP contribution < -0.4 is 9.88 Å². The van der Waals surface area contributed by atoms with Gasteiger partial charge in [0.15, 0.2) is 0 Å². The van der Waals surface area contributed by atoms with Crippen LogP contribution >= 0.6 is 0 Å². The van der Waals surface area contributed by atoms with E-state index in [2.05, 4.69) is 0 Å². The van der Waals surface area contributed by atoms with Crippen LogP contribution in [0.15, 0.2) is 23.1 Å². The molecule has 0 heterocycles. The van der Waals surface area contributed by atoms with Gasteiger partial charge < -0.3 is 4.74 Å². The Kier molecular flexibility index (Phi) is 5.25. The Morgan fingerprint density at radius 3 is 2.38 bits per heavy atom. The minimum Gasteiger partial charge on any atom is -0.492 e. The first-order valence-electron chi connectivity index (χ1n) is 5.62. The summed E-state index contributed by atoms with van der Waals surface area (Å²) >= 11 is 0. The number of nitrogens with zero attached hydrogens (tertiary/aromatic N) is 1. The molecule has 0 aliphatic carbocycles. The number of hydrogen-bond donors (Lipinski definition) is 1. The predicted octanol–water partition coefficient (Wildman–Crippen LogP) is 0.0557. The highest BCUT2D eigenvalue weighted by Gasteiger charge is 2.20. The fraction of sp³-hybridized carbons (Fsp3) is 0.400. The molecular formula is C10H14N2O7S2. The number of nitro groups is 1. The summed E-state index contributed by atoms with van der Waals surface area (Å²) in [6.45, 7) is -0.0621. The highest BCUT2D eigenvalue weighted by molar-refractivity contribution is 7.90. The number of ether oxygens (including phenoxy) is 1. The molecule has 0 atom stereocenters. The van der Waals surface area contributed by atoms with Gasteiger partial charge in [-0.25, -0.2) is 22.0 Å². The molecule has 0 unspecified atom stereocenters. The Labute approximate surface area is 121 Å². The number of primary sulfonamides is 1. The largest absolute Gasteiger partial charge is 0.492 e. The molecule has 118 valence electrons. The van der Waals surface area contributed by atoms with Crippen molar-refractivity contribution in [1.29, 1.82) is 0 Å². The first-order valence-corrected chi connectivity index (χ1v) is 9.23. The summed E-state index contributed by atoms with van der Waals surface area (Å²) in [6.07, 6.45) is 1.22. The van der Waals surface area contributed by atoms with Crippen molar-refractivity contribution in [2.24, 2.45) is 5.14 Å². The van der Waals surface area contributed by atoms with E-state index in [9.17, 15) is 26.9 Å². The van der Waals surface area contributed by atoms with Gasteiger partial charge in [0.25, 0.3) is 5.69 Å². The van der Waals surface area contributed by atoms with Crippen LogP contribution in [0.4, 0.5) is 5.69 Å². The number of rotatable bonds is 7. The Bertz CT molecular complexity index is 741. The predicted molar refractivity (Wildman–Crippen MR) is 74.3 cm³/mol. The summed E-state index contributed by atoms with van der Waals surface area (Å²) in [5, 5.41) is 15.6. The molecule has 9 nitrogen and oxygen atoms in total. The monoisotopic (exact) mass is 338 g/mol. The van der Waals surface area contributed by atoms with Crippen LogP contribution in [0.3, 0.4) is 0 Å². The summed E-state index contributed by atoms with van der Waals surface area (Å²) in [4.78, 5) is 9.35. The SMILES string of the molecule is CS(=O)(=O)CCCOc1ccc([N+](=O)[O-])cc1S(N)(=O)=O. The second-order valence-electron chi connectivity index (χ2n) is 4.27. The second-order valence-corrected chi connectivity index (χ2v) is 8.05. The smallest absolute Gasteiger partial charge is 0.271 e. The topological polar surface area (TPSA) is 147 Å². The number of sulfone groups is 1. The molecule has 0 aliphatic heterocycles. The van der Waals surface area contributed by atoms with Gasteiger partial charge in [-0.05, 0) is 12.5 Å². The molecule has 1 aromatic rings. The standard InChI is InChI=1S/C10H14N2O7S2/c1-20(15,16)6-2-5-19-9-4-3-8(12(13)14)7-10(9)21(11,17)18/h3-4,7H,2,5-6H2,1H3,(H2,11,17,18). The Balaban J connectivity index is 2.94. The van der Waals surface area contributed by atoms with Gasteiger partial charge in [-0.3, -0.25) is 10.1 Å². The summed E-state index contributed by atoms with van der Waals surface area (Å²) in [5.41, 5.74) is -0.442. The van der Waals surface area contributed by atoms with Crippen LogP contribution in [0.1, 0.15) is 6.42 Å². The summed E-state index contributed by atoms with van der Waals surface area (Å²) in [7, 11) is -7.35. The van der Waals surface area contributed by atoms with E-state index in [1.54, 1.807) is 0 Å². The zero-order chi connectivity index (χ0) is 16.3. The number of sulfonamides is 1. The maximum absolute atomic E-state index is 11.4. The lowest BCUT2D eigenvalue weighted by Crippen LogP contribution is -2.15. The van der Waals surface area contributed by atoms with Crippen molar-refractivity contribution in [2.75, 3.05) is 18.6 Å². The van der Waals surface area contributed by atoms with Crippen molar-refractivity contribution in [3.63, 3.8) is 0 Å². The molecule has 0 saturated carbocycles. The van der Waals surface area contributed by atoms with E-state index >= 15 is 0 Å². The van der Waals surface area contributed by atoms with E-state index in [1.165, 1.54) is 0 Å². The molecule has 0 fully saturated rings. The van der Waals surface area contributed by atoms with Gasteiger partial charge in [-0.15, -0.1) is 0 Å². The Morgan fingerprint density at radius 1 is 1.29 bits per heavy atom. The molecule has 0 aliphatic rings. The van der Waals surface area contributed by atoms with Gasteiger partial charge in [0.1, 0.15) is 20.5 Å². The average Bonchev–Trinajstić information content (AvgIpc) is 2.32. The number of nitrogens with two attached hydrogens (primary N) is 1. The zero-order valence-electron chi connectivity index (χ0n) is 11.1. The fourth-order valence-corrected chi connectivity index (χ4v) is 2.79. The van der Waals surface area contributed by atoms with E-state index in [4.69, 9.17) is 9.88 Å². The van der Waals surface area contributed by atoms with Crippen LogP contribution in [0, 0.1) is 10.1 Å². The third-order valence-corrected chi connectivity index (χ3v) is 4.32. The molecule has 2 N–H and O–H groups in total. The van der Waals surface area contributed by atoms with Gasteiger partial charge in [0.05, 0.1) is 17.3 Å². The molecule has 21 heavy (non-hydrogen) atoms. The van der Waals surface area contributed by atoms with E-state index in [0.717, 1.165) is 24.5 Å². The molecule has 1 aromatic carbocycles. The molecule has 0 amide bonds. The maximum atomic E-state index is 11.4. The highest BCUT2D eigenvalue weighted by Crippen LogP contribution is 2.27. The molecule has 0 bridgehead atoms. The number of benzene rings is 1. The third kappa shape index (κ3) is 5.65. The fourth-order valence-electron chi connectivity index (χ4n) is 1.46. The van der Waals surface area contributed by atoms with E-state index in [0.29, 0.717) is 0 Å². The van der Waals surface area contributed by atoms with Gasteiger partial charge in [0, 0.05) is 18.4 Å². The van der Waals surface area contributed by atoms with Crippen molar-refractivity contribution < 1.29 is 26.5 Å². The average molecular weight is 338 g/mol. The van der Waals surface area contributed by atoms with Crippen molar-refractivity contribution in [2.45, 2.75) is 11.3 Å². The lowest BCUT2D eigenvalue weighted by molar-refractivity contribution is -0.385. The Morgan fingerprint density at radius 2 is 1.90 bits per heavy atom. The first-order chi connectivity index (χ1) is 9.50. The molecule has 0 aromatic heterocycles. The number of hydrogen-bond acceptors (Lipinski definition) is 7. The zero-order valence-corrected chi connectivity index (χ0v) is 12.7. The highest BCUT2D eigenvalue weighted by atomic mass is 32.2. The van der Waals surface area contributed by atoms with Crippen LogP contribution in [-0.2, 0) is 19.9 Å². The maximum Gasteiger partial charge on any atom is 0.271 e. The van der Waals surface area contributed by atoms with Crippen LogP contribution in [0.2, 0.25) is 0 Å². The second kappa shape index (κ2) is 6.37. The molecule has 1 rings (SSSR count). The van der Waals surface area contributed by atoms with Gasteiger partial charge in [-0.1, -0.05) is 0 Å². The van der Waals surface area contributed by atoms with Crippen molar-refractivity contribution in [1.82, 2.24) is 0 Å². The number of nitro benzene ring substituents is 1. The quantitative estimate of drug-likeness (QED) is 0.420. The molecule has 0 saturated heterocycles. The van der Waals surface area contributed by atoms with Gasteiger partial charge in [-0.2, -0.15) is 0 Å². The summed E-state index contributed by atoms with van der Waals surface area (Å²) < 4.78 is 49.8. The summed E-state index contributed by atoms with van der Waals surface area (Å²) in [6, 6.07) is 2.97. The Hall–Kier alpha value is -1.72. The normalized spacial score (nSPS) is 12.1. The van der Waals surface area contributed by atoms with Crippen molar-refractivity contribution >= 4 is 25.5 Å². The lowest BCUT2D eigenvalue weighted by Gasteiger charge is -2.09. The molecular weight excluding hydrogens is 324 g/mol. The summed E-state index contributed by atoms with van der Waals surface area (Å²) in [5.74, 6) is -0.276. The number of non-ortho nitro benzene ring substituents is 1. The van der Waals surface area contributed by atoms with Crippen LogP contribution in [0.25, 0.3) is 0 Å². The third-order valence-electron chi connectivity index (χ3n) is 2.36. The first kappa shape index (κ1) is 17.3. The van der Waals surface area contributed by atoms with E-state index in [-0.39, 0.29) is 24.5 Å². The van der Waals surface area contributed by atoms with E-state index in [1.807, 2.05) is 0 Å². The molecule has 0 spiro atoms. The van der Waals surface area contributed by atoms with Crippen molar-refractivity contribution in [3.05, 3.63) is 28.3 Å². The van der Waals surface area contributed by atoms with Crippen molar-refractivity contribution in [3.8, 4) is 5.75 Å². The van der Waals surface area contributed by atoms with Crippen LogP contribution in [-0.4, -0.2) is 40.4 Å². The van der Waals surface area contributed by atoms with Crippen LogP contribution in [0.5, 0.6) is 5.75 Å². The van der Waals surface area contributed by atoms with Gasteiger partial charge in [0.2, 0.25) is 10.0 Å².